The van der Waals surface area contributed by atoms with E-state index in [0.29, 0.717) is 6.61 Å². The predicted molar refractivity (Wildman–Crippen MR) is 114 cm³/mol. The van der Waals surface area contributed by atoms with Gasteiger partial charge in [-0.15, -0.1) is 12.5 Å². The quantitative estimate of drug-likeness (QED) is 0.310. The molecule has 0 saturated carbocycles. The predicted octanol–water partition coefficient (Wildman–Crippen LogP) is 7.24. The van der Waals surface area contributed by atoms with E-state index < -0.39 is 11.7 Å². The summed E-state index contributed by atoms with van der Waals surface area (Å²) in [7, 11) is 0. The molecule has 3 rings (SSSR count). The van der Waals surface area contributed by atoms with Crippen LogP contribution in [-0.2, 0) is 12.8 Å². The molecule has 0 amide bonds. The topological polar surface area (TPSA) is 9.23 Å². The Hall–Kier alpha value is -3.45. The van der Waals surface area contributed by atoms with Gasteiger partial charge in [0.25, 0.3) is 0 Å². The zero-order chi connectivity index (χ0) is 21.6. The molecule has 0 aliphatic carbocycles. The first kappa shape index (κ1) is 21.3. The molecule has 1 nitrogen and oxygen atoms in total. The van der Waals surface area contributed by atoms with Crippen molar-refractivity contribution in [2.75, 3.05) is 0 Å². The van der Waals surface area contributed by atoms with Crippen LogP contribution in [0.5, 0.6) is 5.75 Å². The molecule has 4 heteroatoms. The Kier molecular flexibility index (Phi) is 6.64. The van der Waals surface area contributed by atoms with Gasteiger partial charge in [-0.05, 0) is 59.5 Å². The smallest absolute Gasteiger partial charge is 0.416 e. The number of hydrogen-bond donors (Lipinski definition) is 0. The second-order valence-electron chi connectivity index (χ2n) is 6.74. The van der Waals surface area contributed by atoms with Crippen molar-refractivity contribution in [2.45, 2.75) is 25.6 Å². The van der Waals surface area contributed by atoms with Gasteiger partial charge in [0, 0.05) is 0 Å². The molecule has 3 aromatic rings. The molecule has 0 N–H and O–H groups in total. The van der Waals surface area contributed by atoms with Crippen LogP contribution in [0, 0.1) is 11.8 Å². The number of benzene rings is 3. The lowest BCUT2D eigenvalue weighted by Crippen LogP contribution is -2.04. The van der Waals surface area contributed by atoms with E-state index in [2.05, 4.69) is 18.4 Å². The molecule has 0 aromatic heterocycles. The van der Waals surface area contributed by atoms with Crippen LogP contribution >= 0.6 is 0 Å². The second-order valence-corrected chi connectivity index (χ2v) is 6.74. The normalized spacial score (nSPS) is 11.9. The highest BCUT2D eigenvalue weighted by Gasteiger charge is 2.29. The van der Waals surface area contributed by atoms with Crippen LogP contribution in [0.4, 0.5) is 13.2 Å². The summed E-state index contributed by atoms with van der Waals surface area (Å²) in [6, 6.07) is 20.4. The van der Waals surface area contributed by atoms with Crippen molar-refractivity contribution in [3.05, 3.63) is 102 Å². The Labute approximate surface area is 174 Å². The van der Waals surface area contributed by atoms with Gasteiger partial charge in [0.15, 0.2) is 0 Å². The van der Waals surface area contributed by atoms with Gasteiger partial charge in [-0.1, -0.05) is 54.5 Å². The molecule has 0 aliphatic heterocycles. The van der Waals surface area contributed by atoms with Gasteiger partial charge in [0.05, 0.1) is 11.5 Å². The van der Waals surface area contributed by atoms with E-state index in [9.17, 15) is 13.2 Å². The third kappa shape index (κ3) is 5.33. The lowest BCUT2D eigenvalue weighted by atomic mass is 10.00. The SMILES string of the molecule is C=C[C@H](C#CC)c1ccc(OCc2cccc(-c3ccc(C(F)(F)F)cc3)c2)cc1. The summed E-state index contributed by atoms with van der Waals surface area (Å²) >= 11 is 0. The molecule has 0 aliphatic rings. The van der Waals surface area contributed by atoms with Crippen LogP contribution in [0.2, 0.25) is 0 Å². The van der Waals surface area contributed by atoms with Crippen molar-refractivity contribution in [1.82, 2.24) is 0 Å². The van der Waals surface area contributed by atoms with Gasteiger partial charge in [-0.2, -0.15) is 13.2 Å². The molecule has 3 aromatic carbocycles. The van der Waals surface area contributed by atoms with Gasteiger partial charge in [0.1, 0.15) is 12.4 Å². The minimum absolute atomic E-state index is 0.00975. The molecule has 0 spiro atoms. The maximum Gasteiger partial charge on any atom is 0.416 e. The van der Waals surface area contributed by atoms with Crippen LogP contribution in [0.15, 0.2) is 85.5 Å². The number of ether oxygens (including phenoxy) is 1. The molecule has 0 radical (unpaired) electrons. The number of hydrogen-bond acceptors (Lipinski definition) is 1. The summed E-state index contributed by atoms with van der Waals surface area (Å²) < 4.78 is 44.1. The lowest BCUT2D eigenvalue weighted by Gasteiger charge is -2.11. The van der Waals surface area contributed by atoms with Crippen molar-refractivity contribution in [2.24, 2.45) is 0 Å². The van der Waals surface area contributed by atoms with Crippen molar-refractivity contribution >= 4 is 0 Å². The lowest BCUT2D eigenvalue weighted by molar-refractivity contribution is -0.137. The summed E-state index contributed by atoms with van der Waals surface area (Å²) in [5.41, 5.74) is 2.89. The minimum atomic E-state index is -4.33. The second kappa shape index (κ2) is 9.37. The number of rotatable bonds is 6. The third-order valence-electron chi connectivity index (χ3n) is 4.65. The molecule has 0 fully saturated rings. The summed E-state index contributed by atoms with van der Waals surface area (Å²) in [5, 5.41) is 0. The largest absolute Gasteiger partial charge is 0.489 e. The van der Waals surface area contributed by atoms with Crippen LogP contribution in [0.3, 0.4) is 0 Å². The van der Waals surface area contributed by atoms with Crippen molar-refractivity contribution in [3.8, 4) is 28.7 Å². The fourth-order valence-corrected chi connectivity index (χ4v) is 3.06. The number of halogens is 3. The molecule has 0 bridgehead atoms. The van der Waals surface area contributed by atoms with E-state index in [1.54, 1.807) is 13.0 Å². The molecule has 30 heavy (non-hydrogen) atoms. The van der Waals surface area contributed by atoms with E-state index in [-0.39, 0.29) is 5.92 Å². The van der Waals surface area contributed by atoms with Crippen LogP contribution < -0.4 is 4.74 Å². The van der Waals surface area contributed by atoms with E-state index in [0.717, 1.165) is 40.1 Å². The molecule has 0 saturated heterocycles. The highest BCUT2D eigenvalue weighted by atomic mass is 19.4. The van der Waals surface area contributed by atoms with Crippen LogP contribution in [0.1, 0.15) is 29.5 Å². The average molecular weight is 406 g/mol. The zero-order valence-corrected chi connectivity index (χ0v) is 16.5. The van der Waals surface area contributed by atoms with Gasteiger partial charge < -0.3 is 4.74 Å². The fourth-order valence-electron chi connectivity index (χ4n) is 3.06. The fraction of sp³-hybridized carbons (Fsp3) is 0.154. The average Bonchev–Trinajstić information content (AvgIpc) is 2.76. The van der Waals surface area contributed by atoms with E-state index >= 15 is 0 Å². The zero-order valence-electron chi connectivity index (χ0n) is 16.5. The Morgan fingerprint density at radius 3 is 2.27 bits per heavy atom. The Balaban J connectivity index is 1.68. The summed E-state index contributed by atoms with van der Waals surface area (Å²) in [4.78, 5) is 0. The van der Waals surface area contributed by atoms with Crippen LogP contribution in [-0.4, -0.2) is 0 Å². The van der Waals surface area contributed by atoms with Gasteiger partial charge in [-0.25, -0.2) is 0 Å². The maximum atomic E-state index is 12.7. The first-order valence-corrected chi connectivity index (χ1v) is 9.45. The van der Waals surface area contributed by atoms with Crippen LogP contribution in [0.25, 0.3) is 11.1 Å². The first-order valence-electron chi connectivity index (χ1n) is 9.45. The van der Waals surface area contributed by atoms with E-state index in [1.165, 1.54) is 12.1 Å². The highest BCUT2D eigenvalue weighted by molar-refractivity contribution is 5.64. The summed E-state index contributed by atoms with van der Waals surface area (Å²) in [6.07, 6.45) is -2.53. The number of alkyl halides is 3. The first-order chi connectivity index (χ1) is 14.4. The van der Waals surface area contributed by atoms with Crippen molar-refractivity contribution < 1.29 is 17.9 Å². The minimum Gasteiger partial charge on any atom is -0.489 e. The Morgan fingerprint density at radius 1 is 0.967 bits per heavy atom. The van der Waals surface area contributed by atoms with E-state index in [1.807, 2.05) is 48.5 Å². The van der Waals surface area contributed by atoms with E-state index in [4.69, 9.17) is 4.74 Å². The molecule has 0 unspecified atom stereocenters. The molecule has 0 heterocycles. The van der Waals surface area contributed by atoms with Gasteiger partial charge >= 0.3 is 6.18 Å². The molecular formula is C26H21F3O. The van der Waals surface area contributed by atoms with Gasteiger partial charge in [-0.3, -0.25) is 0 Å². The molecular weight excluding hydrogens is 385 g/mol. The maximum absolute atomic E-state index is 12.7. The molecule has 1 atom stereocenters. The Bertz CT molecular complexity index is 1050. The van der Waals surface area contributed by atoms with Crippen molar-refractivity contribution in [1.29, 1.82) is 0 Å². The highest BCUT2D eigenvalue weighted by Crippen LogP contribution is 2.31. The Morgan fingerprint density at radius 2 is 1.67 bits per heavy atom. The molecule has 152 valence electrons. The summed E-state index contributed by atoms with van der Waals surface area (Å²) in [5.74, 6) is 6.71. The standard InChI is InChI=1S/C26H21F3O/c1-3-6-20(4-2)21-11-15-25(16-12-21)30-18-19-7-5-8-23(17-19)22-9-13-24(14-10-22)26(27,28)29/h4-5,7-17,20H,2,18H2,1H3/t20-/m1/s1. The monoisotopic (exact) mass is 406 g/mol. The van der Waals surface area contributed by atoms with Crippen molar-refractivity contribution in [3.63, 3.8) is 0 Å². The van der Waals surface area contributed by atoms with Gasteiger partial charge in [0.2, 0.25) is 0 Å². The third-order valence-corrected chi connectivity index (χ3v) is 4.65. The summed E-state index contributed by atoms with van der Waals surface area (Å²) in [6.45, 7) is 5.97. The number of allylic oxidation sites excluding steroid dienone is 1.